The third-order valence-corrected chi connectivity index (χ3v) is 6.80. The van der Waals surface area contributed by atoms with E-state index in [-0.39, 0.29) is 11.8 Å². The maximum Gasteiger partial charge on any atom is 0.223 e. The molecule has 0 N–H and O–H groups in total. The van der Waals surface area contributed by atoms with Crippen LogP contribution in [-0.4, -0.2) is 33.5 Å². The Morgan fingerprint density at radius 1 is 0.971 bits per heavy atom. The molecule has 1 amide bonds. The predicted molar refractivity (Wildman–Crippen MR) is 140 cm³/mol. The number of amides is 1. The van der Waals surface area contributed by atoms with Gasteiger partial charge in [0.1, 0.15) is 11.6 Å². The summed E-state index contributed by atoms with van der Waals surface area (Å²) in [5, 5.41) is 0. The zero-order valence-electron chi connectivity index (χ0n) is 20.6. The lowest BCUT2D eigenvalue weighted by atomic mass is 10.0. The van der Waals surface area contributed by atoms with Crippen molar-refractivity contribution in [3.63, 3.8) is 0 Å². The number of aryl methyl sites for hydroxylation is 1. The summed E-state index contributed by atoms with van der Waals surface area (Å²) in [5.41, 5.74) is 4.51. The maximum absolute atomic E-state index is 12.9. The number of imidazole rings is 1. The molecule has 1 aromatic heterocycles. The molecule has 1 fully saturated rings. The zero-order chi connectivity index (χ0) is 24.2. The molecule has 0 saturated carbocycles. The minimum atomic E-state index is 0.0983. The number of likely N-dealkylation sites (tertiary alicyclic amines) is 1. The van der Waals surface area contributed by atoms with Crippen molar-refractivity contribution in [2.45, 2.75) is 51.6 Å². The van der Waals surface area contributed by atoms with Crippen molar-refractivity contribution in [1.82, 2.24) is 14.5 Å². The van der Waals surface area contributed by atoms with Crippen molar-refractivity contribution in [3.05, 3.63) is 95.8 Å². The minimum absolute atomic E-state index is 0.0983. The van der Waals surface area contributed by atoms with E-state index in [4.69, 9.17) is 9.72 Å². The van der Waals surface area contributed by atoms with Crippen molar-refractivity contribution in [1.29, 1.82) is 0 Å². The van der Waals surface area contributed by atoms with Crippen LogP contribution in [0.4, 0.5) is 0 Å². The molecule has 180 valence electrons. The average molecular weight is 468 g/mol. The third kappa shape index (κ3) is 5.09. The van der Waals surface area contributed by atoms with E-state index < -0.39 is 0 Å². The van der Waals surface area contributed by atoms with Gasteiger partial charge in [0.15, 0.2) is 0 Å². The Hall–Kier alpha value is -3.60. The van der Waals surface area contributed by atoms with Gasteiger partial charge in [0.25, 0.3) is 0 Å². The number of hydrogen-bond acceptors (Lipinski definition) is 3. The zero-order valence-corrected chi connectivity index (χ0v) is 20.6. The standard InChI is InChI=1S/C30H33N3O2/c1-22(2)25-13-6-9-16-28(25)35-18-10-17-33-27-15-8-7-14-26(27)31-30(33)24-19-29(34)32(21-24)20-23-11-4-3-5-12-23/h3-9,11-16,22,24H,10,17-21H2,1-2H3. The molecule has 1 saturated heterocycles. The number of carbonyl (C=O) groups excluding carboxylic acids is 1. The molecule has 1 atom stereocenters. The van der Waals surface area contributed by atoms with E-state index in [1.165, 1.54) is 5.56 Å². The molecule has 5 rings (SSSR count). The van der Waals surface area contributed by atoms with E-state index >= 15 is 0 Å². The second-order valence-electron chi connectivity index (χ2n) is 9.67. The lowest BCUT2D eigenvalue weighted by Crippen LogP contribution is -2.24. The van der Waals surface area contributed by atoms with Crippen LogP contribution in [0.1, 0.15) is 55.5 Å². The number of para-hydroxylation sites is 3. The number of fused-ring (bicyclic) bond motifs is 1. The van der Waals surface area contributed by atoms with Gasteiger partial charge in [0.2, 0.25) is 5.91 Å². The van der Waals surface area contributed by atoms with Crippen molar-refractivity contribution >= 4 is 16.9 Å². The molecule has 3 aromatic carbocycles. The third-order valence-electron chi connectivity index (χ3n) is 6.80. The molecule has 0 spiro atoms. The summed E-state index contributed by atoms with van der Waals surface area (Å²) < 4.78 is 8.48. The lowest BCUT2D eigenvalue weighted by molar-refractivity contribution is -0.128. The van der Waals surface area contributed by atoms with Crippen LogP contribution in [0.5, 0.6) is 5.75 Å². The van der Waals surface area contributed by atoms with E-state index in [1.54, 1.807) is 0 Å². The molecule has 0 radical (unpaired) electrons. The summed E-state index contributed by atoms with van der Waals surface area (Å²) >= 11 is 0. The van der Waals surface area contributed by atoms with Gasteiger partial charge in [-0.1, -0.05) is 74.5 Å². The van der Waals surface area contributed by atoms with E-state index in [9.17, 15) is 4.79 Å². The molecule has 35 heavy (non-hydrogen) atoms. The van der Waals surface area contributed by atoms with Crippen LogP contribution in [0.25, 0.3) is 11.0 Å². The summed E-state index contributed by atoms with van der Waals surface area (Å²) in [6.07, 6.45) is 1.38. The summed E-state index contributed by atoms with van der Waals surface area (Å²) in [7, 11) is 0. The van der Waals surface area contributed by atoms with Crippen LogP contribution in [0.2, 0.25) is 0 Å². The summed E-state index contributed by atoms with van der Waals surface area (Å²) in [6.45, 7) is 7.18. The second kappa shape index (κ2) is 10.3. The molecule has 5 nitrogen and oxygen atoms in total. The van der Waals surface area contributed by atoms with Crippen LogP contribution >= 0.6 is 0 Å². The first-order valence-corrected chi connectivity index (χ1v) is 12.6. The fraction of sp³-hybridized carbons (Fsp3) is 0.333. The predicted octanol–water partition coefficient (Wildman–Crippen LogP) is 6.14. The number of hydrogen-bond donors (Lipinski definition) is 0. The highest BCUT2D eigenvalue weighted by atomic mass is 16.5. The quantitative estimate of drug-likeness (QED) is 0.278. The number of aromatic nitrogens is 2. The normalized spacial score (nSPS) is 15.9. The van der Waals surface area contributed by atoms with E-state index in [0.29, 0.717) is 32.0 Å². The van der Waals surface area contributed by atoms with Gasteiger partial charge in [-0.15, -0.1) is 0 Å². The van der Waals surface area contributed by atoms with Gasteiger partial charge in [-0.2, -0.15) is 0 Å². The number of benzene rings is 3. The fourth-order valence-corrected chi connectivity index (χ4v) is 5.04. The first kappa shape index (κ1) is 23.2. The van der Waals surface area contributed by atoms with Gasteiger partial charge in [-0.05, 0) is 41.7 Å². The molecular formula is C30H33N3O2. The van der Waals surface area contributed by atoms with Gasteiger partial charge >= 0.3 is 0 Å². The van der Waals surface area contributed by atoms with Gasteiger partial charge in [-0.25, -0.2) is 4.98 Å². The molecule has 0 aliphatic carbocycles. The van der Waals surface area contributed by atoms with Crippen LogP contribution in [0.3, 0.4) is 0 Å². The fourth-order valence-electron chi connectivity index (χ4n) is 5.04. The van der Waals surface area contributed by atoms with E-state index in [1.807, 2.05) is 35.2 Å². The monoisotopic (exact) mass is 467 g/mol. The average Bonchev–Trinajstić information content (AvgIpc) is 3.42. The Morgan fingerprint density at radius 3 is 2.54 bits per heavy atom. The van der Waals surface area contributed by atoms with Crippen molar-refractivity contribution in [3.8, 4) is 5.75 Å². The number of ether oxygens (including phenoxy) is 1. The van der Waals surface area contributed by atoms with Crippen LogP contribution in [0, 0.1) is 0 Å². The van der Waals surface area contributed by atoms with Crippen LogP contribution in [-0.2, 0) is 17.9 Å². The SMILES string of the molecule is CC(C)c1ccccc1OCCCn1c(C2CC(=O)N(Cc3ccccc3)C2)nc2ccccc21. The molecule has 0 bridgehead atoms. The smallest absolute Gasteiger partial charge is 0.223 e. The summed E-state index contributed by atoms with van der Waals surface area (Å²) in [4.78, 5) is 19.8. The maximum atomic E-state index is 12.9. The van der Waals surface area contributed by atoms with Crippen molar-refractivity contribution in [2.24, 2.45) is 0 Å². The molecule has 4 aromatic rings. The molecule has 1 aliphatic rings. The second-order valence-corrected chi connectivity index (χ2v) is 9.67. The van der Waals surface area contributed by atoms with Gasteiger partial charge in [0, 0.05) is 32.0 Å². The highest BCUT2D eigenvalue weighted by Gasteiger charge is 2.33. The number of rotatable bonds is 9. The Labute approximate surface area is 207 Å². The van der Waals surface area contributed by atoms with Gasteiger partial charge < -0.3 is 14.2 Å². The Balaban J connectivity index is 1.30. The minimum Gasteiger partial charge on any atom is -0.493 e. The van der Waals surface area contributed by atoms with Gasteiger partial charge in [0.05, 0.1) is 17.6 Å². The van der Waals surface area contributed by atoms with Crippen LogP contribution < -0.4 is 4.74 Å². The largest absolute Gasteiger partial charge is 0.493 e. The Bertz CT molecular complexity index is 1300. The molecule has 5 heteroatoms. The first-order valence-electron chi connectivity index (χ1n) is 12.6. The van der Waals surface area contributed by atoms with Crippen LogP contribution in [0.15, 0.2) is 78.9 Å². The highest BCUT2D eigenvalue weighted by molar-refractivity contribution is 5.81. The molecular weight excluding hydrogens is 434 g/mol. The first-order chi connectivity index (χ1) is 17.1. The lowest BCUT2D eigenvalue weighted by Gasteiger charge is -2.18. The van der Waals surface area contributed by atoms with Gasteiger partial charge in [-0.3, -0.25) is 4.79 Å². The molecule has 1 unspecified atom stereocenters. The molecule has 1 aliphatic heterocycles. The number of carbonyl (C=O) groups is 1. The Morgan fingerprint density at radius 2 is 1.71 bits per heavy atom. The van der Waals surface area contributed by atoms with E-state index in [0.717, 1.165) is 41.1 Å². The van der Waals surface area contributed by atoms with Crippen molar-refractivity contribution < 1.29 is 9.53 Å². The van der Waals surface area contributed by atoms with E-state index in [2.05, 4.69) is 66.9 Å². The summed E-state index contributed by atoms with van der Waals surface area (Å²) in [6, 6.07) is 26.8. The number of nitrogens with zero attached hydrogens (tertiary/aromatic N) is 3. The summed E-state index contributed by atoms with van der Waals surface area (Å²) in [5.74, 6) is 2.70. The molecule has 2 heterocycles. The Kier molecular flexibility index (Phi) is 6.84. The highest BCUT2D eigenvalue weighted by Crippen LogP contribution is 2.32. The topological polar surface area (TPSA) is 47.4 Å². The van der Waals surface area contributed by atoms with Crippen molar-refractivity contribution in [2.75, 3.05) is 13.2 Å².